The highest BCUT2D eigenvalue weighted by molar-refractivity contribution is 5.77. The molecule has 0 radical (unpaired) electrons. The Morgan fingerprint density at radius 2 is 1.68 bits per heavy atom. The van der Waals surface area contributed by atoms with Gasteiger partial charge in [-0.3, -0.25) is 14.6 Å². The van der Waals surface area contributed by atoms with Gasteiger partial charge in [0.05, 0.1) is 5.92 Å². The highest BCUT2D eigenvalue weighted by atomic mass is 16.5. The molecule has 28 heavy (non-hydrogen) atoms. The first-order chi connectivity index (χ1) is 13.4. The third kappa shape index (κ3) is 6.66. The molecule has 0 bridgehead atoms. The lowest BCUT2D eigenvalue weighted by atomic mass is 9.97. The summed E-state index contributed by atoms with van der Waals surface area (Å²) in [5, 5.41) is 21.7. The van der Waals surface area contributed by atoms with E-state index >= 15 is 0 Å². The van der Waals surface area contributed by atoms with E-state index in [2.05, 4.69) is 10.3 Å². The first-order valence-corrected chi connectivity index (χ1v) is 9.17. The SMILES string of the molecule is CC(C)CC(NCC(C(=O)O)c1ccc(OCc2ccncc2)cc1)C(=O)O. The van der Waals surface area contributed by atoms with Gasteiger partial charge in [-0.2, -0.15) is 0 Å². The minimum Gasteiger partial charge on any atom is -0.489 e. The highest BCUT2D eigenvalue weighted by Crippen LogP contribution is 2.21. The molecule has 0 aliphatic rings. The molecule has 2 aromatic rings. The van der Waals surface area contributed by atoms with Crippen molar-refractivity contribution in [2.75, 3.05) is 6.54 Å². The third-order valence-corrected chi connectivity index (χ3v) is 4.31. The van der Waals surface area contributed by atoms with Crippen LogP contribution < -0.4 is 10.1 Å². The van der Waals surface area contributed by atoms with Crippen LogP contribution in [0.1, 0.15) is 37.3 Å². The van der Waals surface area contributed by atoms with E-state index in [1.807, 2.05) is 26.0 Å². The number of hydrogen-bond donors (Lipinski definition) is 3. The number of carbonyl (C=O) groups is 2. The lowest BCUT2D eigenvalue weighted by Gasteiger charge is -2.20. The van der Waals surface area contributed by atoms with E-state index in [4.69, 9.17) is 4.74 Å². The second-order valence-corrected chi connectivity index (χ2v) is 7.03. The molecule has 0 aliphatic carbocycles. The van der Waals surface area contributed by atoms with Gasteiger partial charge in [0.25, 0.3) is 0 Å². The van der Waals surface area contributed by atoms with Gasteiger partial charge in [-0.25, -0.2) is 0 Å². The van der Waals surface area contributed by atoms with E-state index < -0.39 is 23.9 Å². The van der Waals surface area contributed by atoms with Gasteiger partial charge >= 0.3 is 11.9 Å². The fourth-order valence-corrected chi connectivity index (χ4v) is 2.79. The first-order valence-electron chi connectivity index (χ1n) is 9.17. The summed E-state index contributed by atoms with van der Waals surface area (Å²) in [6.07, 6.45) is 3.81. The fraction of sp³-hybridized carbons (Fsp3) is 0.381. The van der Waals surface area contributed by atoms with E-state index in [9.17, 15) is 19.8 Å². The molecule has 7 heteroatoms. The minimum atomic E-state index is -1.01. The van der Waals surface area contributed by atoms with Crippen molar-refractivity contribution < 1.29 is 24.5 Å². The molecule has 2 unspecified atom stereocenters. The van der Waals surface area contributed by atoms with E-state index in [0.717, 1.165) is 5.56 Å². The van der Waals surface area contributed by atoms with Crippen LogP contribution in [-0.4, -0.2) is 39.7 Å². The van der Waals surface area contributed by atoms with Crippen molar-refractivity contribution in [3.05, 3.63) is 59.9 Å². The average Bonchev–Trinajstić information content (AvgIpc) is 2.66. The van der Waals surface area contributed by atoms with Crippen molar-refractivity contribution in [1.82, 2.24) is 10.3 Å². The van der Waals surface area contributed by atoms with E-state index in [0.29, 0.717) is 24.3 Å². The lowest BCUT2D eigenvalue weighted by Crippen LogP contribution is -2.41. The third-order valence-electron chi connectivity index (χ3n) is 4.31. The molecule has 150 valence electrons. The van der Waals surface area contributed by atoms with Crippen LogP contribution in [0, 0.1) is 5.92 Å². The Labute approximate surface area is 164 Å². The van der Waals surface area contributed by atoms with Gasteiger partial charge in [0.1, 0.15) is 18.4 Å². The Bertz CT molecular complexity index is 762. The molecule has 7 nitrogen and oxygen atoms in total. The number of benzene rings is 1. The number of nitrogens with zero attached hydrogens (tertiary/aromatic N) is 1. The second kappa shape index (κ2) is 10.4. The predicted molar refractivity (Wildman–Crippen MR) is 104 cm³/mol. The van der Waals surface area contributed by atoms with E-state index in [1.165, 1.54) is 0 Å². The molecule has 2 rings (SSSR count). The average molecular weight is 386 g/mol. The topological polar surface area (TPSA) is 109 Å². The largest absolute Gasteiger partial charge is 0.489 e. The van der Waals surface area contributed by atoms with Crippen LogP contribution in [-0.2, 0) is 16.2 Å². The molecule has 0 fully saturated rings. The number of ether oxygens (including phenoxy) is 1. The maximum Gasteiger partial charge on any atom is 0.320 e. The molecular formula is C21H26N2O5. The highest BCUT2D eigenvalue weighted by Gasteiger charge is 2.24. The van der Waals surface area contributed by atoms with Crippen LogP contribution in [0.25, 0.3) is 0 Å². The van der Waals surface area contributed by atoms with Crippen molar-refractivity contribution in [2.24, 2.45) is 5.92 Å². The molecule has 1 heterocycles. The minimum absolute atomic E-state index is 0.0379. The summed E-state index contributed by atoms with van der Waals surface area (Å²) in [5.41, 5.74) is 1.57. The van der Waals surface area contributed by atoms with Crippen LogP contribution in [0.2, 0.25) is 0 Å². The number of aliphatic carboxylic acids is 2. The Balaban J connectivity index is 1.99. The van der Waals surface area contributed by atoms with Crippen molar-refractivity contribution in [3.8, 4) is 5.75 Å². The van der Waals surface area contributed by atoms with Crippen molar-refractivity contribution in [1.29, 1.82) is 0 Å². The van der Waals surface area contributed by atoms with Gasteiger partial charge in [-0.1, -0.05) is 26.0 Å². The molecule has 1 aromatic heterocycles. The first kappa shape index (κ1) is 21.4. The number of hydrogen-bond acceptors (Lipinski definition) is 5. The van der Waals surface area contributed by atoms with Gasteiger partial charge in [-0.15, -0.1) is 0 Å². The van der Waals surface area contributed by atoms with Crippen molar-refractivity contribution in [3.63, 3.8) is 0 Å². The monoisotopic (exact) mass is 386 g/mol. The molecule has 0 saturated carbocycles. The smallest absolute Gasteiger partial charge is 0.320 e. The van der Waals surface area contributed by atoms with Gasteiger partial charge in [0, 0.05) is 18.9 Å². The summed E-state index contributed by atoms with van der Waals surface area (Å²) in [6, 6.07) is 9.77. The number of pyridine rings is 1. The summed E-state index contributed by atoms with van der Waals surface area (Å²) in [7, 11) is 0. The zero-order valence-corrected chi connectivity index (χ0v) is 16.0. The molecule has 0 amide bonds. The van der Waals surface area contributed by atoms with Gasteiger partial charge < -0.3 is 20.3 Å². The lowest BCUT2D eigenvalue weighted by molar-refractivity contribution is -0.142. The van der Waals surface area contributed by atoms with Crippen molar-refractivity contribution in [2.45, 2.75) is 38.8 Å². The number of rotatable bonds is 11. The number of carboxylic acids is 2. The van der Waals surface area contributed by atoms with Crippen LogP contribution in [0.3, 0.4) is 0 Å². The fourth-order valence-electron chi connectivity index (χ4n) is 2.79. The Kier molecular flexibility index (Phi) is 7.95. The summed E-state index contributed by atoms with van der Waals surface area (Å²) in [6.45, 7) is 4.28. The molecule has 3 N–H and O–H groups in total. The van der Waals surface area contributed by atoms with Gasteiger partial charge in [-0.05, 0) is 47.7 Å². The van der Waals surface area contributed by atoms with E-state index in [1.54, 1.807) is 36.7 Å². The summed E-state index contributed by atoms with van der Waals surface area (Å²) < 4.78 is 5.69. The van der Waals surface area contributed by atoms with Gasteiger partial charge in [0.2, 0.25) is 0 Å². The zero-order valence-electron chi connectivity index (χ0n) is 16.0. The molecule has 0 aliphatic heterocycles. The summed E-state index contributed by atoms with van der Waals surface area (Å²) >= 11 is 0. The van der Waals surface area contributed by atoms with E-state index in [-0.39, 0.29) is 12.5 Å². The Morgan fingerprint density at radius 3 is 2.21 bits per heavy atom. The summed E-state index contributed by atoms with van der Waals surface area (Å²) in [4.78, 5) is 27.0. The second-order valence-electron chi connectivity index (χ2n) is 7.03. The standard InChI is InChI=1S/C21H26N2O5/c1-14(2)11-19(21(26)27)23-12-18(20(24)25)16-3-5-17(6-4-16)28-13-15-7-9-22-10-8-15/h3-10,14,18-19,23H,11-13H2,1-2H3,(H,24,25)(H,26,27). The Hall–Kier alpha value is -2.93. The summed E-state index contributed by atoms with van der Waals surface area (Å²) in [5.74, 6) is -2.01. The number of nitrogens with one attached hydrogen (secondary N) is 1. The molecular weight excluding hydrogens is 360 g/mol. The maximum atomic E-state index is 11.7. The molecule has 0 spiro atoms. The van der Waals surface area contributed by atoms with Crippen molar-refractivity contribution >= 4 is 11.9 Å². The predicted octanol–water partition coefficient (Wildman–Crippen LogP) is 2.92. The van der Waals surface area contributed by atoms with Crippen LogP contribution in [0.4, 0.5) is 0 Å². The number of aromatic nitrogens is 1. The number of carboxylic acid groups (broad SMARTS) is 2. The normalized spacial score (nSPS) is 13.1. The van der Waals surface area contributed by atoms with Crippen LogP contribution in [0.15, 0.2) is 48.8 Å². The van der Waals surface area contributed by atoms with Crippen LogP contribution in [0.5, 0.6) is 5.75 Å². The zero-order chi connectivity index (χ0) is 20.5. The molecule has 2 atom stereocenters. The van der Waals surface area contributed by atoms with Crippen LogP contribution >= 0.6 is 0 Å². The quantitative estimate of drug-likeness (QED) is 0.545. The van der Waals surface area contributed by atoms with Gasteiger partial charge in [0.15, 0.2) is 0 Å². The molecule has 1 aromatic carbocycles. The molecule has 0 saturated heterocycles. The Morgan fingerprint density at radius 1 is 1.04 bits per heavy atom. The maximum absolute atomic E-state index is 11.7.